The highest BCUT2D eigenvalue weighted by Gasteiger charge is 2.17. The van der Waals surface area contributed by atoms with Gasteiger partial charge in [-0.25, -0.2) is 0 Å². The minimum atomic E-state index is 0.357. The second kappa shape index (κ2) is 8.54. The summed E-state index contributed by atoms with van der Waals surface area (Å²) in [4.78, 5) is 14.0. The highest BCUT2D eigenvalue weighted by Crippen LogP contribution is 2.17. The molecule has 0 saturated carbocycles. The number of amides is 1. The van der Waals surface area contributed by atoms with Crippen molar-refractivity contribution in [2.45, 2.75) is 83.6 Å². The van der Waals surface area contributed by atoms with Gasteiger partial charge < -0.3 is 4.90 Å². The Morgan fingerprint density at radius 1 is 1.00 bits per heavy atom. The summed E-state index contributed by atoms with van der Waals surface area (Å²) in [6.45, 7) is 2.20. The first-order valence-electron chi connectivity index (χ1n) is 7.51. The summed E-state index contributed by atoms with van der Waals surface area (Å²) in [7, 11) is 2.00. The third-order valence-electron chi connectivity index (χ3n) is 4.09. The van der Waals surface area contributed by atoms with Crippen molar-refractivity contribution >= 4 is 5.91 Å². The molecule has 1 heterocycles. The second-order valence-corrected chi connectivity index (χ2v) is 5.43. The summed E-state index contributed by atoms with van der Waals surface area (Å²) in [5.41, 5.74) is 0. The van der Waals surface area contributed by atoms with Crippen LogP contribution < -0.4 is 0 Å². The quantitative estimate of drug-likeness (QED) is 0.673. The van der Waals surface area contributed by atoms with Crippen LogP contribution in [0.1, 0.15) is 77.6 Å². The molecule has 1 fully saturated rings. The van der Waals surface area contributed by atoms with Gasteiger partial charge in [0, 0.05) is 19.5 Å². The lowest BCUT2D eigenvalue weighted by Crippen LogP contribution is -2.36. The maximum absolute atomic E-state index is 12.0. The van der Waals surface area contributed by atoms with E-state index < -0.39 is 0 Å². The Morgan fingerprint density at radius 2 is 1.53 bits per heavy atom. The van der Waals surface area contributed by atoms with Crippen LogP contribution in [0, 0.1) is 0 Å². The van der Waals surface area contributed by atoms with E-state index in [0.717, 1.165) is 19.3 Å². The normalized spacial score (nSPS) is 25.9. The molecular formula is C15H29NO. The fourth-order valence-corrected chi connectivity index (χ4v) is 2.77. The molecule has 0 N–H and O–H groups in total. The van der Waals surface area contributed by atoms with E-state index >= 15 is 0 Å². The first kappa shape index (κ1) is 14.5. The minimum absolute atomic E-state index is 0.357. The van der Waals surface area contributed by atoms with Crippen molar-refractivity contribution in [1.82, 2.24) is 4.90 Å². The molecule has 1 aliphatic heterocycles. The van der Waals surface area contributed by atoms with Crippen molar-refractivity contribution in [2.75, 3.05) is 7.05 Å². The van der Waals surface area contributed by atoms with Crippen LogP contribution in [0.15, 0.2) is 0 Å². The van der Waals surface area contributed by atoms with Gasteiger partial charge in [-0.2, -0.15) is 0 Å². The average molecular weight is 239 g/mol. The number of carbonyl (C=O) groups excluding carboxylic acids is 1. The van der Waals surface area contributed by atoms with Crippen molar-refractivity contribution in [3.63, 3.8) is 0 Å². The standard InChI is InChI=1S/C15H29NO/c1-3-14-12-10-8-6-4-5-7-9-11-13-15(17)16(14)2/h14H,3-13H2,1-2H3. The largest absolute Gasteiger partial charge is 0.343 e. The van der Waals surface area contributed by atoms with Crippen LogP contribution in [-0.2, 0) is 4.79 Å². The Labute approximate surface area is 107 Å². The lowest BCUT2D eigenvalue weighted by molar-refractivity contribution is -0.132. The number of hydrogen-bond donors (Lipinski definition) is 0. The number of hydrogen-bond acceptors (Lipinski definition) is 1. The average Bonchev–Trinajstić information content (AvgIpc) is 2.35. The Balaban J connectivity index is 2.46. The van der Waals surface area contributed by atoms with E-state index in [1.165, 1.54) is 51.4 Å². The molecule has 0 bridgehead atoms. The Hall–Kier alpha value is -0.530. The fraction of sp³-hybridized carbons (Fsp3) is 0.933. The van der Waals surface area contributed by atoms with E-state index in [-0.39, 0.29) is 0 Å². The van der Waals surface area contributed by atoms with E-state index in [1.54, 1.807) is 0 Å². The third kappa shape index (κ3) is 5.56. The molecule has 2 nitrogen and oxygen atoms in total. The van der Waals surface area contributed by atoms with Crippen molar-refractivity contribution in [1.29, 1.82) is 0 Å². The Bertz CT molecular complexity index is 215. The van der Waals surface area contributed by atoms with Gasteiger partial charge in [-0.3, -0.25) is 4.79 Å². The molecule has 0 aromatic heterocycles. The lowest BCUT2D eigenvalue weighted by atomic mass is 10.0. The SMILES string of the molecule is CCC1CCCCCCCCCCC(=O)N1C. The van der Waals surface area contributed by atoms with Crippen molar-refractivity contribution in [3.8, 4) is 0 Å². The predicted molar refractivity (Wildman–Crippen MR) is 73.0 cm³/mol. The number of nitrogens with zero attached hydrogens (tertiary/aromatic N) is 1. The molecule has 0 aromatic carbocycles. The topological polar surface area (TPSA) is 20.3 Å². The molecule has 100 valence electrons. The maximum Gasteiger partial charge on any atom is 0.222 e. The van der Waals surface area contributed by atoms with Crippen LogP contribution in [0.3, 0.4) is 0 Å². The Morgan fingerprint density at radius 3 is 2.12 bits per heavy atom. The first-order valence-corrected chi connectivity index (χ1v) is 7.51. The molecule has 1 atom stereocenters. The molecule has 1 unspecified atom stereocenters. The molecule has 1 rings (SSSR count). The highest BCUT2D eigenvalue weighted by atomic mass is 16.2. The van der Waals surface area contributed by atoms with Gasteiger partial charge in [-0.15, -0.1) is 0 Å². The van der Waals surface area contributed by atoms with Crippen LogP contribution >= 0.6 is 0 Å². The van der Waals surface area contributed by atoms with Crippen LogP contribution in [0.5, 0.6) is 0 Å². The smallest absolute Gasteiger partial charge is 0.222 e. The molecule has 1 saturated heterocycles. The van der Waals surface area contributed by atoms with E-state index in [1.807, 2.05) is 11.9 Å². The van der Waals surface area contributed by atoms with Crippen LogP contribution in [-0.4, -0.2) is 23.9 Å². The fourth-order valence-electron chi connectivity index (χ4n) is 2.77. The molecule has 1 aliphatic rings. The highest BCUT2D eigenvalue weighted by molar-refractivity contribution is 5.76. The van der Waals surface area contributed by atoms with Gasteiger partial charge in [-0.1, -0.05) is 51.9 Å². The van der Waals surface area contributed by atoms with Gasteiger partial charge in [-0.05, 0) is 19.3 Å². The molecule has 0 radical (unpaired) electrons. The summed E-state index contributed by atoms with van der Waals surface area (Å²) in [6, 6.07) is 0.475. The monoisotopic (exact) mass is 239 g/mol. The summed E-state index contributed by atoms with van der Waals surface area (Å²) >= 11 is 0. The number of rotatable bonds is 1. The van der Waals surface area contributed by atoms with Gasteiger partial charge in [0.2, 0.25) is 5.91 Å². The molecule has 0 aromatic rings. The zero-order valence-corrected chi connectivity index (χ0v) is 11.7. The van der Waals surface area contributed by atoms with Gasteiger partial charge in [0.15, 0.2) is 0 Å². The third-order valence-corrected chi connectivity index (χ3v) is 4.09. The Kier molecular flexibility index (Phi) is 7.30. The van der Waals surface area contributed by atoms with E-state index in [2.05, 4.69) is 6.92 Å². The zero-order valence-electron chi connectivity index (χ0n) is 11.7. The van der Waals surface area contributed by atoms with Gasteiger partial charge in [0.1, 0.15) is 0 Å². The zero-order chi connectivity index (χ0) is 12.5. The molecule has 0 spiro atoms. The summed E-state index contributed by atoms with van der Waals surface area (Å²) in [5.74, 6) is 0.357. The van der Waals surface area contributed by atoms with Gasteiger partial charge in [0.05, 0.1) is 0 Å². The van der Waals surface area contributed by atoms with Gasteiger partial charge in [0.25, 0.3) is 0 Å². The maximum atomic E-state index is 12.0. The van der Waals surface area contributed by atoms with Crippen LogP contribution in [0.2, 0.25) is 0 Å². The molecule has 17 heavy (non-hydrogen) atoms. The molecular weight excluding hydrogens is 210 g/mol. The minimum Gasteiger partial charge on any atom is -0.343 e. The van der Waals surface area contributed by atoms with E-state index in [9.17, 15) is 4.79 Å². The van der Waals surface area contributed by atoms with Crippen molar-refractivity contribution in [2.24, 2.45) is 0 Å². The van der Waals surface area contributed by atoms with Crippen LogP contribution in [0.25, 0.3) is 0 Å². The summed E-state index contributed by atoms with van der Waals surface area (Å²) in [5, 5.41) is 0. The second-order valence-electron chi connectivity index (χ2n) is 5.43. The molecule has 2 heteroatoms. The van der Waals surface area contributed by atoms with E-state index in [0.29, 0.717) is 11.9 Å². The first-order chi connectivity index (χ1) is 8.25. The summed E-state index contributed by atoms with van der Waals surface area (Å²) in [6.07, 6.45) is 13.4. The molecule has 0 aliphatic carbocycles. The van der Waals surface area contributed by atoms with Crippen LogP contribution in [0.4, 0.5) is 0 Å². The van der Waals surface area contributed by atoms with Gasteiger partial charge >= 0.3 is 0 Å². The van der Waals surface area contributed by atoms with E-state index in [4.69, 9.17) is 0 Å². The van der Waals surface area contributed by atoms with Crippen molar-refractivity contribution < 1.29 is 4.79 Å². The lowest BCUT2D eigenvalue weighted by Gasteiger charge is -2.27. The predicted octanol–water partition coefficient (Wildman–Crippen LogP) is 4.14. The van der Waals surface area contributed by atoms with Crippen molar-refractivity contribution in [3.05, 3.63) is 0 Å². The number of carbonyl (C=O) groups is 1. The molecule has 1 amide bonds. The summed E-state index contributed by atoms with van der Waals surface area (Å²) < 4.78 is 0.